The van der Waals surface area contributed by atoms with Crippen molar-refractivity contribution in [3.63, 3.8) is 0 Å². The van der Waals surface area contributed by atoms with Crippen LogP contribution in [0, 0.1) is 0 Å². The van der Waals surface area contributed by atoms with Crippen LogP contribution in [-0.2, 0) is 0 Å². The molecular formula is C44H33P3S. The molecule has 230 valence electrons. The minimum Gasteiger partial charge on any atom is -0.135 e. The molecule has 4 heteroatoms. The molecule has 0 nitrogen and oxygen atoms in total. The molecule has 1 aromatic heterocycles. The third-order valence-electron chi connectivity index (χ3n) is 8.42. The maximum absolute atomic E-state index is 2.47. The highest BCUT2D eigenvalue weighted by atomic mass is 32.1. The van der Waals surface area contributed by atoms with E-state index in [1.807, 2.05) is 11.3 Å². The zero-order chi connectivity index (χ0) is 32.1. The van der Waals surface area contributed by atoms with Gasteiger partial charge in [0.2, 0.25) is 0 Å². The first kappa shape index (κ1) is 31.1. The van der Waals surface area contributed by atoms with Gasteiger partial charge in [0.15, 0.2) is 0 Å². The van der Waals surface area contributed by atoms with Crippen molar-refractivity contribution in [1.29, 1.82) is 0 Å². The molecule has 0 radical (unpaired) electrons. The third-order valence-corrected chi connectivity index (χ3v) is 17.8. The maximum atomic E-state index is 2.47. The average molecular weight is 687 g/mol. The zero-order valence-corrected chi connectivity index (χ0v) is 29.8. The van der Waals surface area contributed by atoms with Crippen LogP contribution < -0.4 is 47.1 Å². The van der Waals surface area contributed by atoms with Crippen LogP contribution in [-0.4, -0.2) is 0 Å². The smallest absolute Gasteiger partial charge is 0.0381 e. The Labute approximate surface area is 291 Å². The number of benzene rings is 7. The van der Waals surface area contributed by atoms with Gasteiger partial charge in [0.05, 0.1) is 0 Å². The molecule has 8 rings (SSSR count). The minimum absolute atomic E-state index is 0.790. The van der Waals surface area contributed by atoms with Gasteiger partial charge < -0.3 is 0 Å². The van der Waals surface area contributed by atoms with Crippen LogP contribution in [0.4, 0.5) is 0 Å². The molecule has 0 N–H and O–H groups in total. The summed E-state index contributed by atoms with van der Waals surface area (Å²) in [5, 5.41) is 12.6. The first-order valence-electron chi connectivity index (χ1n) is 16.1. The van der Waals surface area contributed by atoms with Crippen molar-refractivity contribution in [1.82, 2.24) is 0 Å². The van der Waals surface area contributed by atoms with Gasteiger partial charge in [-0.2, -0.15) is 0 Å². The average Bonchev–Trinajstić information content (AvgIpc) is 3.59. The van der Waals surface area contributed by atoms with Crippen molar-refractivity contribution < 1.29 is 0 Å². The molecule has 0 fully saturated rings. The molecule has 0 amide bonds. The molecule has 7 aromatic carbocycles. The van der Waals surface area contributed by atoms with E-state index in [9.17, 15) is 0 Å². The number of thiophene rings is 1. The van der Waals surface area contributed by atoms with Crippen LogP contribution in [0.1, 0.15) is 0 Å². The predicted molar refractivity (Wildman–Crippen MR) is 218 cm³/mol. The summed E-state index contributed by atoms with van der Waals surface area (Å²) in [6.45, 7) is 0. The molecule has 48 heavy (non-hydrogen) atoms. The SMILES string of the molecule is c1ccc(P(c2ccccc2)c2ccccc2P(c2cc3ccccc3s2)c2ccccc2P(c2ccccc2)c2ccccc2)cc1. The van der Waals surface area contributed by atoms with Crippen molar-refractivity contribution in [3.05, 3.63) is 200 Å². The summed E-state index contributed by atoms with van der Waals surface area (Å²) in [6, 6.07) is 74.5. The number of hydrogen-bond acceptors (Lipinski definition) is 1. The van der Waals surface area contributed by atoms with Crippen LogP contribution >= 0.6 is 35.1 Å². The monoisotopic (exact) mass is 686 g/mol. The van der Waals surface area contributed by atoms with Gasteiger partial charge >= 0.3 is 0 Å². The van der Waals surface area contributed by atoms with Crippen LogP contribution in [0.15, 0.2) is 200 Å². The molecular weight excluding hydrogens is 653 g/mol. The molecule has 0 bridgehead atoms. The van der Waals surface area contributed by atoms with Gasteiger partial charge in [-0.3, -0.25) is 0 Å². The Bertz CT molecular complexity index is 2010. The van der Waals surface area contributed by atoms with Gasteiger partial charge in [0.1, 0.15) is 0 Å². The Morgan fingerprint density at radius 3 is 0.979 bits per heavy atom. The van der Waals surface area contributed by atoms with Gasteiger partial charge in [-0.25, -0.2) is 0 Å². The van der Waals surface area contributed by atoms with Crippen molar-refractivity contribution in [2.45, 2.75) is 0 Å². The lowest BCUT2D eigenvalue weighted by Gasteiger charge is -2.29. The standard InChI is InChI=1S/C44H33P3S/c1-5-20-35(21-6-1)45(36-22-7-2-8-23-36)39-28-14-16-30-41(39)47(44-33-34-19-13-18-32-43(34)48-44)42-31-17-15-29-40(42)46(37-24-9-3-10-25-37)38-26-11-4-12-27-38/h1-33H. The molecule has 1 heterocycles. The topological polar surface area (TPSA) is 0 Å². The van der Waals surface area contributed by atoms with Crippen LogP contribution in [0.5, 0.6) is 0 Å². The molecule has 0 saturated carbocycles. The second kappa shape index (κ2) is 14.5. The van der Waals surface area contributed by atoms with Crippen molar-refractivity contribution >= 4 is 92.2 Å². The highest BCUT2D eigenvalue weighted by Crippen LogP contribution is 2.43. The van der Waals surface area contributed by atoms with Gasteiger partial charge in [0.25, 0.3) is 0 Å². The third kappa shape index (κ3) is 6.33. The lowest BCUT2D eigenvalue weighted by atomic mass is 10.3. The Kier molecular flexibility index (Phi) is 9.39. The fourth-order valence-corrected chi connectivity index (χ4v) is 16.3. The number of hydrogen-bond donors (Lipinski definition) is 0. The second-order valence-electron chi connectivity index (χ2n) is 11.4. The van der Waals surface area contributed by atoms with Crippen LogP contribution in [0.25, 0.3) is 10.1 Å². The Morgan fingerprint density at radius 2 is 0.604 bits per heavy atom. The highest BCUT2D eigenvalue weighted by Gasteiger charge is 2.30. The van der Waals surface area contributed by atoms with E-state index in [0.29, 0.717) is 0 Å². The summed E-state index contributed by atoms with van der Waals surface area (Å²) in [5.41, 5.74) is 0. The summed E-state index contributed by atoms with van der Waals surface area (Å²) in [7, 11) is -2.49. The van der Waals surface area contributed by atoms with E-state index < -0.39 is 23.8 Å². The summed E-state index contributed by atoms with van der Waals surface area (Å²) in [6.07, 6.45) is 0. The molecule has 0 aliphatic heterocycles. The first-order chi connectivity index (χ1) is 23.8. The van der Waals surface area contributed by atoms with E-state index >= 15 is 0 Å². The van der Waals surface area contributed by atoms with Gasteiger partial charge in [0, 0.05) is 9.32 Å². The first-order valence-corrected chi connectivity index (χ1v) is 21.0. The van der Waals surface area contributed by atoms with E-state index in [2.05, 4.69) is 200 Å². The second-order valence-corrected chi connectivity index (χ2v) is 19.3. The van der Waals surface area contributed by atoms with E-state index in [1.54, 1.807) is 0 Å². The predicted octanol–water partition coefficient (Wildman–Crippen LogP) is 8.18. The van der Waals surface area contributed by atoms with Crippen molar-refractivity contribution in [2.24, 2.45) is 0 Å². The lowest BCUT2D eigenvalue weighted by molar-refractivity contribution is 1.74. The van der Waals surface area contributed by atoms with E-state index in [0.717, 1.165) is 0 Å². The highest BCUT2D eigenvalue weighted by molar-refractivity contribution is 7.90. The normalized spacial score (nSPS) is 11.5. The van der Waals surface area contributed by atoms with Crippen LogP contribution in [0.2, 0.25) is 0 Å². The quantitative estimate of drug-likeness (QED) is 0.135. The summed E-state index contributed by atoms with van der Waals surface area (Å²) >= 11 is 1.96. The Balaban J connectivity index is 1.41. The molecule has 0 spiro atoms. The van der Waals surface area contributed by atoms with Gasteiger partial charge in [-0.1, -0.05) is 188 Å². The molecule has 0 saturated heterocycles. The summed E-state index contributed by atoms with van der Waals surface area (Å²) < 4.78 is 2.79. The molecule has 8 aromatic rings. The number of rotatable bonds is 9. The largest absolute Gasteiger partial charge is 0.135 e. The molecule has 0 aliphatic carbocycles. The van der Waals surface area contributed by atoms with E-state index in [-0.39, 0.29) is 0 Å². The number of fused-ring (bicyclic) bond motifs is 1. The molecule has 0 aliphatic rings. The fourth-order valence-electron chi connectivity index (χ4n) is 6.29. The molecule has 0 unspecified atom stereocenters. The van der Waals surface area contributed by atoms with Crippen LogP contribution in [0.3, 0.4) is 0 Å². The van der Waals surface area contributed by atoms with E-state index in [4.69, 9.17) is 0 Å². The van der Waals surface area contributed by atoms with Crippen molar-refractivity contribution in [2.75, 3.05) is 0 Å². The van der Waals surface area contributed by atoms with Crippen molar-refractivity contribution in [3.8, 4) is 0 Å². The summed E-state index contributed by atoms with van der Waals surface area (Å²) in [4.78, 5) is 0. The maximum Gasteiger partial charge on any atom is 0.0381 e. The Morgan fingerprint density at radius 1 is 0.292 bits per heavy atom. The molecule has 0 atom stereocenters. The van der Waals surface area contributed by atoms with E-state index in [1.165, 1.54) is 57.1 Å². The lowest BCUT2D eigenvalue weighted by Crippen LogP contribution is -2.38. The fraction of sp³-hybridized carbons (Fsp3) is 0. The van der Waals surface area contributed by atoms with Gasteiger partial charge in [-0.05, 0) is 83.7 Å². The van der Waals surface area contributed by atoms with Gasteiger partial charge in [-0.15, -0.1) is 11.3 Å². The Hall–Kier alpha value is -4.21. The summed E-state index contributed by atoms with van der Waals surface area (Å²) in [5.74, 6) is 0. The minimum atomic E-state index is -0.910. The zero-order valence-electron chi connectivity index (χ0n) is 26.3.